The van der Waals surface area contributed by atoms with Crippen LogP contribution in [-0.4, -0.2) is 15.0 Å². The van der Waals surface area contributed by atoms with E-state index in [2.05, 4.69) is 27.1 Å². The van der Waals surface area contributed by atoms with Crippen LogP contribution in [0, 0.1) is 25.8 Å². The van der Waals surface area contributed by atoms with Crippen LogP contribution in [0.2, 0.25) is 0 Å². The molecule has 0 unspecified atom stereocenters. The monoisotopic (exact) mass is 810 g/mol. The van der Waals surface area contributed by atoms with Gasteiger partial charge in [0.05, 0.1) is 5.58 Å². The van der Waals surface area contributed by atoms with Gasteiger partial charge in [0.15, 0.2) is 0 Å². The van der Waals surface area contributed by atoms with Crippen molar-refractivity contribution in [3.63, 3.8) is 0 Å². The van der Waals surface area contributed by atoms with Crippen LogP contribution < -0.4 is 0 Å². The molecule has 0 bridgehead atoms. The minimum atomic E-state index is -2.38. The Balaban J connectivity index is 0.000000195. The molecule has 8 aromatic rings. The summed E-state index contributed by atoms with van der Waals surface area (Å²) in [6.45, 7) is -4.48. The predicted molar refractivity (Wildman–Crippen MR) is 191 cm³/mol. The van der Waals surface area contributed by atoms with Crippen molar-refractivity contribution >= 4 is 22.1 Å². The standard InChI is InChI=1S/C24H17N2O.C19H16N.Ir/c1-2-7-17(8-3-1)12-13-18-14-15-20-19-9-6-10-21(22-11-4-5-16-25-22)23(19)27-24(20)26-18;1-14-8-10-17(11-9-14)19-12-18(15(2)13-20-19)16-6-4-3-5-7-16;/h1-9,11,14-16H,12-13H2;3-10,12-13H,1-2H3;/q2*-1;/i12D2,13D2;1D3,2D3;. The van der Waals surface area contributed by atoms with E-state index in [0.29, 0.717) is 33.7 Å². The van der Waals surface area contributed by atoms with Gasteiger partial charge in [0.2, 0.25) is 5.71 Å². The maximum Gasteiger partial charge on any atom is 0.216 e. The van der Waals surface area contributed by atoms with E-state index in [1.54, 1.807) is 60.8 Å². The second-order valence-corrected chi connectivity index (χ2v) is 10.5. The van der Waals surface area contributed by atoms with Crippen molar-refractivity contribution in [3.8, 4) is 33.6 Å². The summed E-state index contributed by atoms with van der Waals surface area (Å²) in [5.74, 6) is 0. The first-order valence-corrected chi connectivity index (χ1v) is 14.9. The number of hydrogen-bond acceptors (Lipinski definition) is 4. The van der Waals surface area contributed by atoms with Gasteiger partial charge in [-0.1, -0.05) is 96.7 Å². The van der Waals surface area contributed by atoms with Gasteiger partial charge in [0, 0.05) is 57.3 Å². The van der Waals surface area contributed by atoms with Crippen LogP contribution in [0.25, 0.3) is 55.7 Å². The smallest absolute Gasteiger partial charge is 0.216 e. The van der Waals surface area contributed by atoms with Crippen LogP contribution in [0.4, 0.5) is 0 Å². The van der Waals surface area contributed by atoms with E-state index >= 15 is 0 Å². The third kappa shape index (κ3) is 7.34. The van der Waals surface area contributed by atoms with Crippen molar-refractivity contribution in [1.82, 2.24) is 15.0 Å². The maximum absolute atomic E-state index is 8.57. The average Bonchev–Trinajstić information content (AvgIpc) is 3.59. The van der Waals surface area contributed by atoms with Crippen molar-refractivity contribution in [1.29, 1.82) is 0 Å². The third-order valence-corrected chi connectivity index (χ3v) is 7.41. The molecular weight excluding hydrogens is 767 g/mol. The topological polar surface area (TPSA) is 51.8 Å². The van der Waals surface area contributed by atoms with Crippen molar-refractivity contribution in [3.05, 3.63) is 174 Å². The second-order valence-electron chi connectivity index (χ2n) is 10.5. The van der Waals surface area contributed by atoms with Crippen LogP contribution >= 0.6 is 0 Å². The number of hydrogen-bond donors (Lipinski definition) is 0. The zero-order valence-electron chi connectivity index (χ0n) is 35.4. The van der Waals surface area contributed by atoms with Gasteiger partial charge < -0.3 is 14.4 Å². The van der Waals surface area contributed by atoms with Crippen molar-refractivity contribution in [2.45, 2.75) is 26.4 Å². The van der Waals surface area contributed by atoms with E-state index in [1.165, 1.54) is 24.4 Å². The summed E-state index contributed by atoms with van der Waals surface area (Å²) in [5, 5.41) is 1.54. The molecule has 4 aromatic heterocycles. The summed E-state index contributed by atoms with van der Waals surface area (Å²) in [7, 11) is 0. The van der Waals surface area contributed by atoms with E-state index in [0.717, 1.165) is 16.3 Å². The Labute approximate surface area is 309 Å². The largest absolute Gasteiger partial charge is 0.486 e. The zero-order valence-corrected chi connectivity index (χ0v) is 27.8. The van der Waals surface area contributed by atoms with Crippen LogP contribution in [0.15, 0.2) is 144 Å². The fraction of sp³-hybridized carbons (Fsp3) is 0.0930. The molecule has 0 aliphatic carbocycles. The van der Waals surface area contributed by atoms with Gasteiger partial charge in [-0.25, -0.2) is 4.98 Å². The maximum atomic E-state index is 8.57. The third-order valence-electron chi connectivity index (χ3n) is 7.41. The number of furan rings is 1. The number of aryl methyl sites for hydroxylation is 4. The molecule has 237 valence electrons. The molecule has 0 fully saturated rings. The minimum Gasteiger partial charge on any atom is -0.486 e. The average molecular weight is 810 g/mol. The number of rotatable bonds is 6. The molecule has 0 amide bonds. The summed E-state index contributed by atoms with van der Waals surface area (Å²) in [6, 6.07) is 42.4. The fourth-order valence-electron chi connectivity index (χ4n) is 5.09. The Morgan fingerprint density at radius 1 is 0.750 bits per heavy atom. The number of fused-ring (bicyclic) bond motifs is 3. The van der Waals surface area contributed by atoms with Gasteiger partial charge in [-0.05, 0) is 71.4 Å². The van der Waals surface area contributed by atoms with Crippen molar-refractivity contribution < 1.29 is 38.2 Å². The number of pyridine rings is 3. The van der Waals surface area contributed by atoms with Crippen molar-refractivity contribution in [2.24, 2.45) is 0 Å². The van der Waals surface area contributed by atoms with Gasteiger partial charge in [-0.3, -0.25) is 0 Å². The molecule has 0 spiro atoms. The van der Waals surface area contributed by atoms with Crippen molar-refractivity contribution in [2.75, 3.05) is 0 Å². The molecule has 8 rings (SSSR count). The molecular formula is C43H33IrN3O-2. The number of nitrogens with zero attached hydrogens (tertiary/aromatic N) is 3. The molecule has 4 aromatic carbocycles. The summed E-state index contributed by atoms with van der Waals surface area (Å²) < 4.78 is 85.7. The van der Waals surface area contributed by atoms with Gasteiger partial charge in [-0.2, -0.15) is 0 Å². The summed E-state index contributed by atoms with van der Waals surface area (Å²) in [4.78, 5) is 13.0. The van der Waals surface area contributed by atoms with E-state index in [4.69, 9.17) is 18.1 Å². The molecule has 0 N–H and O–H groups in total. The predicted octanol–water partition coefficient (Wildman–Crippen LogP) is 10.5. The molecule has 0 atom stereocenters. The van der Waals surface area contributed by atoms with Gasteiger partial charge in [-0.15, -0.1) is 53.6 Å². The minimum absolute atomic E-state index is 0. The van der Waals surface area contributed by atoms with E-state index < -0.39 is 26.4 Å². The normalized spacial score (nSPS) is 14.9. The zero-order chi connectivity index (χ0) is 40.6. The first-order chi connectivity index (χ1) is 27.1. The molecule has 0 saturated heterocycles. The van der Waals surface area contributed by atoms with Gasteiger partial charge in [0.25, 0.3) is 0 Å². The number of aromatic nitrogens is 3. The van der Waals surface area contributed by atoms with Crippen LogP contribution in [0.5, 0.6) is 0 Å². The Hall–Kier alpha value is -5.22. The first kappa shape index (κ1) is 22.4. The van der Waals surface area contributed by atoms with Crippen LogP contribution in [0.1, 0.15) is 36.1 Å². The molecule has 48 heavy (non-hydrogen) atoms. The second kappa shape index (κ2) is 15.1. The molecule has 4 nitrogen and oxygen atoms in total. The molecule has 0 aliphatic rings. The van der Waals surface area contributed by atoms with Gasteiger partial charge in [0.1, 0.15) is 0 Å². The molecule has 4 heterocycles. The Morgan fingerprint density at radius 2 is 1.58 bits per heavy atom. The molecule has 5 heteroatoms. The number of benzene rings is 4. The van der Waals surface area contributed by atoms with Gasteiger partial charge >= 0.3 is 0 Å². The quantitative estimate of drug-likeness (QED) is 0.157. The van der Waals surface area contributed by atoms with Crippen LogP contribution in [-0.2, 0) is 32.9 Å². The van der Waals surface area contributed by atoms with Crippen LogP contribution in [0.3, 0.4) is 0 Å². The summed E-state index contributed by atoms with van der Waals surface area (Å²) in [6.07, 6.45) is -1.61. The summed E-state index contributed by atoms with van der Waals surface area (Å²) >= 11 is 0. The molecule has 0 aliphatic heterocycles. The van der Waals surface area contributed by atoms with E-state index in [1.807, 2.05) is 54.6 Å². The first-order valence-electron chi connectivity index (χ1n) is 19.9. The molecule has 1 radical (unpaired) electrons. The van der Waals surface area contributed by atoms with E-state index in [-0.39, 0.29) is 48.2 Å². The Morgan fingerprint density at radius 3 is 2.33 bits per heavy atom. The SMILES string of the molecule is [2H]C([2H])([2H])c1c[c-]c(-c2cc(-c3ccccc3)c(C([2H])([2H])[2H])cn2)cc1.[2H]C([2H])(c1ccccc1)C([2H])([2H])c1ccc2c(n1)oc1c(-c3ccccn3)[c-]ccc12.[Ir]. The van der Waals surface area contributed by atoms with E-state index in [9.17, 15) is 0 Å². The fourth-order valence-corrected chi connectivity index (χ4v) is 5.09. The Bertz CT molecular complexity index is 2650. The Kier molecular flexibility index (Phi) is 7.05. The summed E-state index contributed by atoms with van der Waals surface area (Å²) in [5.41, 5.74) is 5.30. The molecule has 0 saturated carbocycles.